The standard InChI is InChI=1S/C12H11F3N2/c13-10-5-9(6-17-7-10)11(8-16)1-3-12(14,15)4-2-11/h5-7H,1-4H2. The number of nitrogens with zero attached hydrogens (tertiary/aromatic N) is 2. The number of pyridine rings is 1. The molecule has 0 saturated heterocycles. The van der Waals surface area contributed by atoms with E-state index in [9.17, 15) is 18.4 Å². The number of hydrogen-bond acceptors (Lipinski definition) is 2. The summed E-state index contributed by atoms with van der Waals surface area (Å²) in [5.41, 5.74) is -0.618. The zero-order chi connectivity index (χ0) is 12.5. The van der Waals surface area contributed by atoms with Gasteiger partial charge in [-0.1, -0.05) is 0 Å². The van der Waals surface area contributed by atoms with Gasteiger partial charge in [0.2, 0.25) is 5.92 Å². The summed E-state index contributed by atoms with van der Waals surface area (Å²) in [6.45, 7) is 0. The molecule has 1 aromatic heterocycles. The van der Waals surface area contributed by atoms with E-state index >= 15 is 0 Å². The molecule has 1 heterocycles. The molecule has 90 valence electrons. The summed E-state index contributed by atoms with van der Waals surface area (Å²) in [6, 6.07) is 3.27. The van der Waals surface area contributed by atoms with Crippen LogP contribution in [-0.2, 0) is 5.41 Å². The average molecular weight is 240 g/mol. The van der Waals surface area contributed by atoms with Crippen LogP contribution in [0.1, 0.15) is 31.2 Å². The van der Waals surface area contributed by atoms with Gasteiger partial charge < -0.3 is 0 Å². The van der Waals surface area contributed by atoms with Crippen molar-refractivity contribution < 1.29 is 13.2 Å². The molecule has 0 radical (unpaired) electrons. The summed E-state index contributed by atoms with van der Waals surface area (Å²) < 4.78 is 39.2. The van der Waals surface area contributed by atoms with Crippen LogP contribution in [0.2, 0.25) is 0 Å². The fourth-order valence-electron chi connectivity index (χ4n) is 2.18. The van der Waals surface area contributed by atoms with Gasteiger partial charge in [-0.15, -0.1) is 0 Å². The minimum Gasteiger partial charge on any atom is -0.261 e. The number of hydrogen-bond donors (Lipinski definition) is 0. The van der Waals surface area contributed by atoms with Crippen LogP contribution in [0.3, 0.4) is 0 Å². The van der Waals surface area contributed by atoms with Crippen LogP contribution < -0.4 is 0 Å². The Kier molecular flexibility index (Phi) is 2.82. The van der Waals surface area contributed by atoms with E-state index in [1.807, 2.05) is 0 Å². The fraction of sp³-hybridized carbons (Fsp3) is 0.500. The van der Waals surface area contributed by atoms with E-state index in [2.05, 4.69) is 11.1 Å². The van der Waals surface area contributed by atoms with Crippen molar-refractivity contribution in [3.63, 3.8) is 0 Å². The van der Waals surface area contributed by atoms with E-state index in [1.54, 1.807) is 0 Å². The lowest BCUT2D eigenvalue weighted by molar-refractivity contribution is -0.0454. The summed E-state index contributed by atoms with van der Waals surface area (Å²) in [5.74, 6) is -3.25. The van der Waals surface area contributed by atoms with Crippen molar-refractivity contribution in [1.29, 1.82) is 5.26 Å². The third-order valence-electron chi connectivity index (χ3n) is 3.31. The number of halogens is 3. The van der Waals surface area contributed by atoms with Gasteiger partial charge in [0, 0.05) is 19.0 Å². The Morgan fingerprint density at radius 2 is 1.82 bits per heavy atom. The maximum Gasteiger partial charge on any atom is 0.248 e. The second-order valence-corrected chi connectivity index (χ2v) is 4.44. The molecule has 0 unspecified atom stereocenters. The molecule has 0 amide bonds. The highest BCUT2D eigenvalue weighted by atomic mass is 19.3. The molecule has 0 aliphatic heterocycles. The van der Waals surface area contributed by atoms with E-state index in [4.69, 9.17) is 0 Å². The first-order chi connectivity index (χ1) is 7.97. The molecule has 0 bridgehead atoms. The first-order valence-electron chi connectivity index (χ1n) is 5.38. The predicted molar refractivity (Wildman–Crippen MR) is 54.9 cm³/mol. The number of rotatable bonds is 1. The zero-order valence-electron chi connectivity index (χ0n) is 9.09. The van der Waals surface area contributed by atoms with Crippen molar-refractivity contribution in [1.82, 2.24) is 4.98 Å². The largest absolute Gasteiger partial charge is 0.261 e. The third kappa shape index (κ3) is 2.26. The monoisotopic (exact) mass is 240 g/mol. The Morgan fingerprint density at radius 1 is 1.18 bits per heavy atom. The second-order valence-electron chi connectivity index (χ2n) is 4.44. The molecule has 17 heavy (non-hydrogen) atoms. The Labute approximate surface area is 97.1 Å². The lowest BCUT2D eigenvalue weighted by atomic mass is 9.70. The highest BCUT2D eigenvalue weighted by molar-refractivity contribution is 5.31. The van der Waals surface area contributed by atoms with Crippen molar-refractivity contribution in [2.45, 2.75) is 37.0 Å². The normalized spacial score (nSPS) is 21.8. The summed E-state index contributed by atoms with van der Waals surface area (Å²) in [4.78, 5) is 3.68. The quantitative estimate of drug-likeness (QED) is 0.755. The molecule has 5 heteroatoms. The molecule has 1 aliphatic rings. The lowest BCUT2D eigenvalue weighted by Gasteiger charge is -2.34. The zero-order valence-corrected chi connectivity index (χ0v) is 9.09. The van der Waals surface area contributed by atoms with Crippen LogP contribution in [0.25, 0.3) is 0 Å². The van der Waals surface area contributed by atoms with Gasteiger partial charge in [-0.05, 0) is 24.5 Å². The molecule has 1 aliphatic carbocycles. The second kappa shape index (κ2) is 4.02. The van der Waals surface area contributed by atoms with Gasteiger partial charge in [-0.2, -0.15) is 5.26 Å². The molecule has 1 fully saturated rings. The third-order valence-corrected chi connectivity index (χ3v) is 3.31. The molecular formula is C12H11F3N2. The Balaban J connectivity index is 2.32. The summed E-state index contributed by atoms with van der Waals surface area (Å²) >= 11 is 0. The maximum atomic E-state index is 13.1. The minimum absolute atomic E-state index is 0.0433. The molecular weight excluding hydrogens is 229 g/mol. The van der Waals surface area contributed by atoms with Crippen LogP contribution in [0.4, 0.5) is 13.2 Å². The molecule has 1 aromatic rings. The predicted octanol–water partition coefficient (Wildman–Crippen LogP) is 3.19. The molecule has 0 atom stereocenters. The molecule has 2 nitrogen and oxygen atoms in total. The summed E-state index contributed by atoms with van der Waals surface area (Å²) in [7, 11) is 0. The van der Waals surface area contributed by atoms with E-state index in [0.29, 0.717) is 5.56 Å². The topological polar surface area (TPSA) is 36.7 Å². The van der Waals surface area contributed by atoms with Gasteiger partial charge in [0.1, 0.15) is 5.82 Å². The van der Waals surface area contributed by atoms with E-state index in [0.717, 1.165) is 6.20 Å². The van der Waals surface area contributed by atoms with Crippen LogP contribution in [0.5, 0.6) is 0 Å². The fourth-order valence-corrected chi connectivity index (χ4v) is 2.18. The summed E-state index contributed by atoms with van der Waals surface area (Å²) in [5, 5.41) is 9.21. The van der Waals surface area contributed by atoms with Crippen LogP contribution in [-0.4, -0.2) is 10.9 Å². The van der Waals surface area contributed by atoms with Crippen molar-refractivity contribution in [2.24, 2.45) is 0 Å². The van der Waals surface area contributed by atoms with Crippen LogP contribution in [0, 0.1) is 17.1 Å². The Morgan fingerprint density at radius 3 is 2.35 bits per heavy atom. The highest BCUT2D eigenvalue weighted by Gasteiger charge is 2.44. The van der Waals surface area contributed by atoms with E-state index < -0.39 is 17.2 Å². The van der Waals surface area contributed by atoms with Gasteiger partial charge in [-0.3, -0.25) is 4.98 Å². The minimum atomic E-state index is -2.71. The molecule has 2 rings (SSSR count). The first kappa shape index (κ1) is 11.9. The van der Waals surface area contributed by atoms with E-state index in [1.165, 1.54) is 12.3 Å². The molecule has 0 spiro atoms. The van der Waals surface area contributed by atoms with Gasteiger partial charge in [0.15, 0.2) is 0 Å². The Hall–Kier alpha value is -1.57. The summed E-state index contributed by atoms with van der Waals surface area (Å²) in [6.07, 6.45) is 1.83. The van der Waals surface area contributed by atoms with Crippen molar-refractivity contribution in [3.05, 3.63) is 29.8 Å². The maximum absolute atomic E-state index is 13.1. The molecule has 0 aromatic carbocycles. The van der Waals surface area contributed by atoms with Crippen LogP contribution >= 0.6 is 0 Å². The number of aromatic nitrogens is 1. The van der Waals surface area contributed by atoms with Gasteiger partial charge in [0.05, 0.1) is 17.7 Å². The van der Waals surface area contributed by atoms with Gasteiger partial charge in [0.25, 0.3) is 0 Å². The van der Waals surface area contributed by atoms with Crippen molar-refractivity contribution in [3.8, 4) is 6.07 Å². The van der Waals surface area contributed by atoms with Crippen molar-refractivity contribution >= 4 is 0 Å². The average Bonchev–Trinajstić information content (AvgIpc) is 2.30. The Bertz CT molecular complexity index is 455. The van der Waals surface area contributed by atoms with Crippen LogP contribution in [0.15, 0.2) is 18.5 Å². The lowest BCUT2D eigenvalue weighted by Crippen LogP contribution is -2.35. The van der Waals surface area contributed by atoms with E-state index in [-0.39, 0.29) is 25.7 Å². The molecule has 1 saturated carbocycles. The number of nitriles is 1. The number of alkyl halides is 2. The SMILES string of the molecule is N#CC1(c2cncc(F)c2)CCC(F)(F)CC1. The molecule has 0 N–H and O–H groups in total. The van der Waals surface area contributed by atoms with Gasteiger partial charge >= 0.3 is 0 Å². The van der Waals surface area contributed by atoms with Crippen molar-refractivity contribution in [2.75, 3.05) is 0 Å². The first-order valence-corrected chi connectivity index (χ1v) is 5.38. The highest BCUT2D eigenvalue weighted by Crippen LogP contribution is 2.44. The van der Waals surface area contributed by atoms with Gasteiger partial charge in [-0.25, -0.2) is 13.2 Å². The smallest absolute Gasteiger partial charge is 0.248 e.